The first-order valence-corrected chi connectivity index (χ1v) is 6.74. The minimum absolute atomic E-state index is 0.260. The molecule has 0 aliphatic carbocycles. The van der Waals surface area contributed by atoms with Gasteiger partial charge in [0.05, 0.1) is 5.69 Å². The van der Waals surface area contributed by atoms with Crippen LogP contribution in [-0.2, 0) is 13.1 Å². The zero-order chi connectivity index (χ0) is 14.4. The third-order valence-corrected chi connectivity index (χ3v) is 3.22. The van der Waals surface area contributed by atoms with Crippen LogP contribution in [-0.4, -0.2) is 6.03 Å². The van der Waals surface area contributed by atoms with Crippen molar-refractivity contribution in [2.75, 3.05) is 5.32 Å². The van der Waals surface area contributed by atoms with Crippen molar-refractivity contribution in [2.24, 2.45) is 5.73 Å². The first kappa shape index (κ1) is 14.4. The number of carbonyl (C=O) groups excluding carboxylic acids is 1. The minimum atomic E-state index is -0.260. The van der Waals surface area contributed by atoms with Crippen molar-refractivity contribution in [3.63, 3.8) is 0 Å². The quantitative estimate of drug-likeness (QED) is 0.653. The molecule has 0 unspecified atom stereocenters. The van der Waals surface area contributed by atoms with Crippen molar-refractivity contribution in [2.45, 2.75) is 18.0 Å². The normalized spacial score (nSPS) is 10.1. The number of thiol groups is 1. The fourth-order valence-corrected chi connectivity index (χ4v) is 2.01. The molecule has 0 fully saturated rings. The molecule has 0 saturated carbocycles. The molecule has 0 radical (unpaired) electrons. The standard InChI is InChI=1S/C15H17N3OS/c16-9-11-4-3-5-12(8-11)10-17-15(19)18-13-6-1-2-7-14(13)20/h1-8,20H,9-10,16H2,(H2,17,18,19). The number of carbonyl (C=O) groups is 1. The van der Waals surface area contributed by atoms with Crippen molar-refractivity contribution >= 4 is 24.3 Å². The van der Waals surface area contributed by atoms with E-state index < -0.39 is 0 Å². The molecule has 104 valence electrons. The molecular weight excluding hydrogens is 270 g/mol. The number of amides is 2. The van der Waals surface area contributed by atoms with Crippen LogP contribution < -0.4 is 16.4 Å². The van der Waals surface area contributed by atoms with Crippen LogP contribution in [0.25, 0.3) is 0 Å². The zero-order valence-electron chi connectivity index (χ0n) is 11.0. The predicted molar refractivity (Wildman–Crippen MR) is 83.9 cm³/mol. The van der Waals surface area contributed by atoms with Gasteiger partial charge < -0.3 is 16.4 Å². The number of hydrogen-bond donors (Lipinski definition) is 4. The summed E-state index contributed by atoms with van der Waals surface area (Å²) in [5, 5.41) is 5.56. The van der Waals surface area contributed by atoms with Gasteiger partial charge in [-0.15, -0.1) is 12.6 Å². The number of hydrogen-bond acceptors (Lipinski definition) is 3. The summed E-state index contributed by atoms with van der Waals surface area (Å²) in [6, 6.07) is 14.9. The van der Waals surface area contributed by atoms with E-state index in [1.807, 2.05) is 42.5 Å². The van der Waals surface area contributed by atoms with Gasteiger partial charge in [0.15, 0.2) is 0 Å². The third-order valence-electron chi connectivity index (χ3n) is 2.83. The van der Waals surface area contributed by atoms with E-state index in [9.17, 15) is 4.79 Å². The van der Waals surface area contributed by atoms with Crippen LogP contribution in [0.4, 0.5) is 10.5 Å². The maximum atomic E-state index is 11.8. The van der Waals surface area contributed by atoms with E-state index in [2.05, 4.69) is 23.3 Å². The molecule has 0 heterocycles. The second-order valence-corrected chi connectivity index (χ2v) is 4.83. The largest absolute Gasteiger partial charge is 0.334 e. The van der Waals surface area contributed by atoms with Gasteiger partial charge in [-0.05, 0) is 23.3 Å². The lowest BCUT2D eigenvalue weighted by atomic mass is 10.1. The van der Waals surface area contributed by atoms with Crippen LogP contribution in [0.3, 0.4) is 0 Å². The van der Waals surface area contributed by atoms with E-state index >= 15 is 0 Å². The van der Waals surface area contributed by atoms with E-state index in [0.717, 1.165) is 16.0 Å². The molecule has 0 atom stereocenters. The Balaban J connectivity index is 1.90. The fraction of sp³-hybridized carbons (Fsp3) is 0.133. The highest BCUT2D eigenvalue weighted by Gasteiger charge is 2.04. The van der Waals surface area contributed by atoms with Gasteiger partial charge in [-0.2, -0.15) is 0 Å². The van der Waals surface area contributed by atoms with Gasteiger partial charge in [-0.3, -0.25) is 0 Å². The van der Waals surface area contributed by atoms with Crippen molar-refractivity contribution in [3.8, 4) is 0 Å². The lowest BCUT2D eigenvalue weighted by molar-refractivity contribution is 0.251. The van der Waals surface area contributed by atoms with Crippen molar-refractivity contribution < 1.29 is 4.79 Å². The van der Waals surface area contributed by atoms with Crippen LogP contribution in [0.1, 0.15) is 11.1 Å². The van der Waals surface area contributed by atoms with Crippen molar-refractivity contribution in [1.82, 2.24) is 5.32 Å². The Bertz CT molecular complexity index is 601. The predicted octanol–water partition coefficient (Wildman–Crippen LogP) is 2.76. The number of nitrogens with one attached hydrogen (secondary N) is 2. The smallest absolute Gasteiger partial charge is 0.319 e. The molecule has 2 aromatic rings. The Hall–Kier alpha value is -1.98. The Morgan fingerprint density at radius 3 is 2.60 bits per heavy atom. The maximum Gasteiger partial charge on any atom is 0.319 e. The lowest BCUT2D eigenvalue weighted by Crippen LogP contribution is -2.28. The first-order valence-electron chi connectivity index (χ1n) is 6.30. The molecule has 2 rings (SSSR count). The van der Waals surface area contributed by atoms with Gasteiger partial charge in [0.1, 0.15) is 0 Å². The summed E-state index contributed by atoms with van der Waals surface area (Å²) in [6.45, 7) is 0.946. The highest BCUT2D eigenvalue weighted by Crippen LogP contribution is 2.18. The molecular formula is C15H17N3OS. The molecule has 0 saturated heterocycles. The van der Waals surface area contributed by atoms with E-state index in [0.29, 0.717) is 18.8 Å². The van der Waals surface area contributed by atoms with Crippen molar-refractivity contribution in [3.05, 3.63) is 59.7 Å². The number of urea groups is 1. The molecule has 0 aliphatic heterocycles. The van der Waals surface area contributed by atoms with E-state index in [1.54, 1.807) is 6.07 Å². The molecule has 2 amide bonds. The Labute approximate surface area is 123 Å². The van der Waals surface area contributed by atoms with Gasteiger partial charge in [0.25, 0.3) is 0 Å². The van der Waals surface area contributed by atoms with Gasteiger partial charge in [-0.25, -0.2) is 4.79 Å². The summed E-state index contributed by atoms with van der Waals surface area (Å²) >= 11 is 4.28. The third kappa shape index (κ3) is 4.01. The number of para-hydroxylation sites is 1. The first-order chi connectivity index (χ1) is 9.69. The number of benzene rings is 2. The van der Waals surface area contributed by atoms with E-state index in [4.69, 9.17) is 5.73 Å². The Morgan fingerprint density at radius 2 is 1.85 bits per heavy atom. The van der Waals surface area contributed by atoms with Gasteiger partial charge in [0.2, 0.25) is 0 Å². The molecule has 2 aromatic carbocycles. The highest BCUT2D eigenvalue weighted by atomic mass is 32.1. The average Bonchev–Trinajstić information content (AvgIpc) is 2.48. The maximum absolute atomic E-state index is 11.8. The fourth-order valence-electron chi connectivity index (χ4n) is 1.79. The molecule has 0 aromatic heterocycles. The van der Waals surface area contributed by atoms with Crippen LogP contribution >= 0.6 is 12.6 Å². The van der Waals surface area contributed by atoms with Crippen LogP contribution in [0.5, 0.6) is 0 Å². The SMILES string of the molecule is NCc1cccc(CNC(=O)Nc2ccccc2S)c1. The van der Waals surface area contributed by atoms with Gasteiger partial charge >= 0.3 is 6.03 Å². The summed E-state index contributed by atoms with van der Waals surface area (Å²) in [5.41, 5.74) is 8.33. The summed E-state index contributed by atoms with van der Waals surface area (Å²) in [5.74, 6) is 0. The van der Waals surface area contributed by atoms with Crippen LogP contribution in [0.15, 0.2) is 53.4 Å². The highest BCUT2D eigenvalue weighted by molar-refractivity contribution is 7.80. The number of rotatable bonds is 4. The van der Waals surface area contributed by atoms with Crippen molar-refractivity contribution in [1.29, 1.82) is 0 Å². The molecule has 4 nitrogen and oxygen atoms in total. The Morgan fingerprint density at radius 1 is 1.10 bits per heavy atom. The monoisotopic (exact) mass is 287 g/mol. The van der Waals surface area contributed by atoms with Gasteiger partial charge in [0, 0.05) is 18.0 Å². The van der Waals surface area contributed by atoms with E-state index in [1.165, 1.54) is 0 Å². The molecule has 0 spiro atoms. The minimum Gasteiger partial charge on any atom is -0.334 e. The second-order valence-electron chi connectivity index (χ2n) is 4.35. The summed E-state index contributed by atoms with van der Waals surface area (Å²) < 4.78 is 0. The van der Waals surface area contributed by atoms with Gasteiger partial charge in [-0.1, -0.05) is 36.4 Å². The van der Waals surface area contributed by atoms with E-state index in [-0.39, 0.29) is 6.03 Å². The molecule has 4 N–H and O–H groups in total. The zero-order valence-corrected chi connectivity index (χ0v) is 11.9. The lowest BCUT2D eigenvalue weighted by Gasteiger charge is -2.10. The second kappa shape index (κ2) is 6.98. The van der Waals surface area contributed by atoms with Crippen LogP contribution in [0.2, 0.25) is 0 Å². The number of nitrogens with two attached hydrogens (primary N) is 1. The molecule has 20 heavy (non-hydrogen) atoms. The molecule has 0 bridgehead atoms. The molecule has 5 heteroatoms. The molecule has 0 aliphatic rings. The summed E-state index contributed by atoms with van der Waals surface area (Å²) in [4.78, 5) is 12.5. The topological polar surface area (TPSA) is 67.1 Å². The average molecular weight is 287 g/mol. The van der Waals surface area contributed by atoms with Crippen LogP contribution in [0, 0.1) is 0 Å². The summed E-state index contributed by atoms with van der Waals surface area (Å²) in [7, 11) is 0. The summed E-state index contributed by atoms with van der Waals surface area (Å²) in [6.07, 6.45) is 0. The Kier molecular flexibility index (Phi) is 5.03. The number of anilines is 1.